The van der Waals surface area contributed by atoms with E-state index in [0.29, 0.717) is 30.0 Å². The van der Waals surface area contributed by atoms with Gasteiger partial charge in [-0.3, -0.25) is 47.9 Å². The topological polar surface area (TPSA) is 443 Å². The molecule has 0 radical (unpaired) electrons. The summed E-state index contributed by atoms with van der Waals surface area (Å²) in [6.07, 6.45) is 5.31. The number of likely N-dealkylation sites (tertiary alicyclic amines) is 1. The van der Waals surface area contributed by atoms with Gasteiger partial charge in [0.1, 0.15) is 60.4 Å². The number of thioether (sulfide) groups is 1. The van der Waals surface area contributed by atoms with E-state index in [1.54, 1.807) is 41.5 Å². The maximum atomic E-state index is 14.7. The fourth-order valence-corrected chi connectivity index (χ4v) is 10.5. The highest BCUT2D eigenvalue weighted by molar-refractivity contribution is 7.98. The highest BCUT2D eigenvalue weighted by Crippen LogP contribution is 2.22. The molecule has 10 amide bonds. The number of carboxylic acids is 1. The minimum Gasteiger partial charge on any atom is -0.480 e. The molecule has 0 aromatic carbocycles. The molecule has 2 aromatic heterocycles. The van der Waals surface area contributed by atoms with Crippen molar-refractivity contribution in [3.8, 4) is 0 Å². The average Bonchev–Trinajstić information content (AvgIpc) is 2.41. The summed E-state index contributed by atoms with van der Waals surface area (Å²) in [6.45, 7) is 20.1. The van der Waals surface area contributed by atoms with Gasteiger partial charge in [0.15, 0.2) is 0 Å². The number of carboxylic acid groups (broad SMARTS) is 1. The molecule has 1 aliphatic heterocycles. The molecule has 30 heteroatoms. The Morgan fingerprint density at radius 2 is 0.921 bits per heavy atom. The summed E-state index contributed by atoms with van der Waals surface area (Å²) >= 11 is 1.51. The van der Waals surface area contributed by atoms with E-state index in [-0.39, 0.29) is 75.2 Å². The van der Waals surface area contributed by atoms with Gasteiger partial charge >= 0.3 is 5.97 Å². The van der Waals surface area contributed by atoms with Crippen molar-refractivity contribution < 1.29 is 68.1 Å². The van der Waals surface area contributed by atoms with Gasteiger partial charge in [0.25, 0.3) is 0 Å². The van der Waals surface area contributed by atoms with Crippen molar-refractivity contribution in [2.45, 2.75) is 220 Å². The van der Waals surface area contributed by atoms with Crippen molar-refractivity contribution >= 4 is 76.8 Å². The number of carbonyl (C=O) groups excluding carboxylic acids is 10. The predicted octanol–water partition coefficient (Wildman–Crippen LogP) is -0.961. The number of nitrogens with two attached hydrogens (primary N) is 1. The van der Waals surface area contributed by atoms with Crippen molar-refractivity contribution in [3.63, 3.8) is 0 Å². The number of aromatic amines is 2. The van der Waals surface area contributed by atoms with Crippen LogP contribution in [-0.4, -0.2) is 202 Å². The van der Waals surface area contributed by atoms with Crippen molar-refractivity contribution in [3.05, 3.63) is 36.4 Å². The van der Waals surface area contributed by atoms with E-state index >= 15 is 0 Å². The van der Waals surface area contributed by atoms with Gasteiger partial charge in [-0.05, 0) is 100 Å². The van der Waals surface area contributed by atoms with Gasteiger partial charge in [-0.1, -0.05) is 69.2 Å². The Morgan fingerprint density at radius 3 is 1.37 bits per heavy atom. The van der Waals surface area contributed by atoms with E-state index < -0.39 is 150 Å². The molecule has 0 saturated carbocycles. The Labute approximate surface area is 525 Å². The number of nitrogens with one attached hydrogen (secondary N) is 11. The zero-order chi connectivity index (χ0) is 67.0. The minimum absolute atomic E-state index is 0.0188. The zero-order valence-corrected chi connectivity index (χ0v) is 54.5. The number of rotatable bonds is 38. The normalized spacial score (nSPS) is 17.4. The first-order chi connectivity index (χ1) is 41.7. The second-order valence-corrected chi connectivity index (χ2v) is 26.0. The lowest BCUT2D eigenvalue weighted by atomic mass is 9.98. The zero-order valence-electron chi connectivity index (χ0n) is 53.6. The number of aromatic nitrogens is 4. The lowest BCUT2D eigenvalue weighted by molar-refractivity contribution is -0.143. The van der Waals surface area contributed by atoms with Crippen molar-refractivity contribution in [1.29, 1.82) is 0 Å². The van der Waals surface area contributed by atoms with Gasteiger partial charge in [0.2, 0.25) is 59.1 Å². The number of aliphatic hydroxyl groups excluding tert-OH is 2. The number of imidazole rings is 2. The molecule has 1 fully saturated rings. The molecule has 500 valence electrons. The van der Waals surface area contributed by atoms with Crippen LogP contribution in [0.25, 0.3) is 0 Å². The van der Waals surface area contributed by atoms with E-state index in [0.717, 1.165) is 0 Å². The number of H-pyrrole nitrogens is 2. The fourth-order valence-electron chi connectivity index (χ4n) is 10.0. The molecule has 2 aromatic rings. The standard InChI is InChI=1S/C59H99N15O14S/c1-29(2)19-39(66-51(79)41(23-36-25-61-27-63-36)65-49(77)38(60)16-18-89-13)50(78)67-42(24-37-26-62-28-64-37)52(80)69-43(21-31(5)6)58(86)74-17-14-15-45(74)54(82)72-48(35(12)76)57(85)73-47(34(11)75)56(84)68-40(20-30(3)4)53(81)71-46(33(9)10)55(83)70-44(59(87)88)22-32(7)8/h25-35,38-48,75-76H,14-24,60H2,1-13H3,(H,61,63)(H,62,64)(H,65,77)(H,66,79)(H,67,78)(H,68,84)(H,69,80)(H,70,83)(H,71,81)(H,72,82)(H,73,85)(H,87,88)/t34-,35-,38+,39+,40+,41+,42+,43+,44+,45+,46+,47+,48+/m1/s1. The molecule has 29 nitrogen and oxygen atoms in total. The Balaban J connectivity index is 1.85. The van der Waals surface area contributed by atoms with Crippen LogP contribution in [0, 0.1) is 29.6 Å². The van der Waals surface area contributed by atoms with Crippen LogP contribution in [0.2, 0.25) is 0 Å². The summed E-state index contributed by atoms with van der Waals surface area (Å²) in [7, 11) is 0. The predicted molar refractivity (Wildman–Crippen MR) is 331 cm³/mol. The van der Waals surface area contributed by atoms with Gasteiger partial charge in [-0.15, -0.1) is 0 Å². The molecule has 0 unspecified atom stereocenters. The number of hydrogen-bond acceptors (Lipinski definition) is 17. The summed E-state index contributed by atoms with van der Waals surface area (Å²) in [6, 6.07) is -14.5. The summed E-state index contributed by atoms with van der Waals surface area (Å²) in [5, 5.41) is 55.1. The molecule has 3 heterocycles. The molecule has 0 spiro atoms. The van der Waals surface area contributed by atoms with E-state index in [2.05, 4.69) is 67.8 Å². The van der Waals surface area contributed by atoms with Crippen LogP contribution in [-0.2, 0) is 65.6 Å². The smallest absolute Gasteiger partial charge is 0.326 e. The first-order valence-electron chi connectivity index (χ1n) is 30.6. The highest BCUT2D eigenvalue weighted by Gasteiger charge is 2.42. The lowest BCUT2D eigenvalue weighted by Crippen LogP contribution is -2.63. The number of carbonyl (C=O) groups is 11. The Kier molecular flexibility index (Phi) is 31.7. The van der Waals surface area contributed by atoms with Crippen LogP contribution in [0.1, 0.15) is 139 Å². The van der Waals surface area contributed by atoms with E-state index in [4.69, 9.17) is 5.73 Å². The Morgan fingerprint density at radius 1 is 0.539 bits per heavy atom. The maximum absolute atomic E-state index is 14.7. The molecule has 13 atom stereocenters. The van der Waals surface area contributed by atoms with Crippen molar-refractivity contribution in [1.82, 2.24) is 72.7 Å². The van der Waals surface area contributed by atoms with Gasteiger partial charge in [-0.2, -0.15) is 11.8 Å². The first-order valence-corrected chi connectivity index (χ1v) is 32.0. The van der Waals surface area contributed by atoms with Crippen LogP contribution in [0.3, 0.4) is 0 Å². The SMILES string of the molecule is CSCC[C@H](N)C(=O)N[C@@H](Cc1cnc[nH]1)C(=O)N[C@@H](CC(C)C)C(=O)N[C@@H](Cc1cnc[nH]1)C(=O)N[C@@H](CC(C)C)C(=O)N1CCC[C@H]1C(=O)N[C@H](C(=O)N[C@H](C(=O)N[C@@H](CC(C)C)C(=O)N[C@H](C(=O)N[C@@H](CC(C)C)C(=O)O)C(C)C)[C@@H](C)O)[C@@H](C)O. The van der Waals surface area contributed by atoms with Gasteiger partial charge < -0.3 is 83.8 Å². The fraction of sp³-hybridized carbons (Fsp3) is 0.712. The number of hydrogen-bond donors (Lipinski definition) is 15. The molecule has 1 aliphatic rings. The molecule has 1 saturated heterocycles. The van der Waals surface area contributed by atoms with Crippen LogP contribution in [0.15, 0.2) is 25.0 Å². The van der Waals surface area contributed by atoms with Crippen LogP contribution in [0.4, 0.5) is 0 Å². The van der Waals surface area contributed by atoms with E-state index in [1.165, 1.54) is 55.6 Å². The monoisotopic (exact) mass is 1270 g/mol. The molecule has 89 heavy (non-hydrogen) atoms. The summed E-state index contributed by atoms with van der Waals surface area (Å²) in [5.74, 6) is -9.91. The third-order valence-electron chi connectivity index (χ3n) is 14.7. The summed E-state index contributed by atoms with van der Waals surface area (Å²) in [4.78, 5) is 168. The second-order valence-electron chi connectivity index (χ2n) is 25.0. The average molecular weight is 1270 g/mol. The number of nitrogens with zero attached hydrogens (tertiary/aromatic N) is 3. The first kappa shape index (κ1) is 76.1. The quantitative estimate of drug-likeness (QED) is 0.0385. The Hall–Kier alpha value is -7.18. The number of aliphatic hydroxyl groups is 2. The molecule has 16 N–H and O–H groups in total. The van der Waals surface area contributed by atoms with Gasteiger partial charge in [-0.25, -0.2) is 14.8 Å². The maximum Gasteiger partial charge on any atom is 0.326 e. The van der Waals surface area contributed by atoms with Crippen molar-refractivity contribution in [2.75, 3.05) is 18.6 Å². The van der Waals surface area contributed by atoms with Crippen LogP contribution < -0.4 is 53.6 Å². The van der Waals surface area contributed by atoms with Gasteiger partial charge in [0, 0.05) is 43.2 Å². The van der Waals surface area contributed by atoms with Crippen molar-refractivity contribution in [2.24, 2.45) is 35.3 Å². The number of aliphatic carboxylic acids is 1. The number of amides is 10. The lowest BCUT2D eigenvalue weighted by Gasteiger charge is -2.32. The third kappa shape index (κ3) is 25.3. The second kappa shape index (κ2) is 37.1. The van der Waals surface area contributed by atoms with Gasteiger partial charge in [0.05, 0.1) is 30.9 Å². The van der Waals surface area contributed by atoms with Crippen LogP contribution in [0.5, 0.6) is 0 Å². The Bertz CT molecular complexity index is 2640. The summed E-state index contributed by atoms with van der Waals surface area (Å²) in [5.41, 5.74) is 7.10. The van der Waals surface area contributed by atoms with E-state index in [1.807, 2.05) is 34.0 Å². The summed E-state index contributed by atoms with van der Waals surface area (Å²) < 4.78 is 0. The van der Waals surface area contributed by atoms with Crippen LogP contribution >= 0.6 is 11.8 Å². The molecule has 0 bridgehead atoms. The third-order valence-corrected chi connectivity index (χ3v) is 15.4. The molecular formula is C59H99N15O14S. The molecule has 0 aliphatic carbocycles. The molecular weight excluding hydrogens is 1170 g/mol. The minimum atomic E-state index is -1.77. The largest absolute Gasteiger partial charge is 0.480 e. The highest BCUT2D eigenvalue weighted by atomic mass is 32.2. The molecule has 3 rings (SSSR count). The van der Waals surface area contributed by atoms with E-state index in [9.17, 15) is 68.1 Å².